The largest absolute Gasteiger partial charge is 0.508 e. The number of phenols is 1. The number of hydrogen-bond acceptors (Lipinski definition) is 4. The van der Waals surface area contributed by atoms with E-state index in [0.717, 1.165) is 27.9 Å². The molecule has 232 valence electrons. The average Bonchev–Trinajstić information content (AvgIpc) is 3.29. The summed E-state index contributed by atoms with van der Waals surface area (Å²) in [4.78, 5) is 27.7. The summed E-state index contributed by atoms with van der Waals surface area (Å²) in [6, 6.07) is 29.4. The number of ether oxygens (including phenoxy) is 1. The van der Waals surface area contributed by atoms with Gasteiger partial charge in [-0.2, -0.15) is 0 Å². The highest BCUT2D eigenvalue weighted by Gasteiger charge is 2.47. The van der Waals surface area contributed by atoms with Gasteiger partial charge in [0.2, 0.25) is 5.91 Å². The third-order valence-electron chi connectivity index (χ3n) is 8.63. The molecule has 6 nitrogen and oxygen atoms in total. The molecule has 1 aliphatic heterocycles. The molecule has 0 radical (unpaired) electrons. The molecular formula is C35H34BBr3N2O4. The lowest BCUT2D eigenvalue weighted by Gasteiger charge is -2.51. The van der Waals surface area contributed by atoms with Crippen LogP contribution < -0.4 is 10.2 Å². The number of benzene rings is 4. The van der Waals surface area contributed by atoms with Crippen LogP contribution in [-0.4, -0.2) is 32.4 Å². The van der Waals surface area contributed by atoms with Crippen molar-refractivity contribution in [1.29, 1.82) is 0 Å². The van der Waals surface area contributed by atoms with Crippen LogP contribution >= 0.6 is 47.3 Å². The van der Waals surface area contributed by atoms with Crippen LogP contribution in [0.1, 0.15) is 62.3 Å². The van der Waals surface area contributed by atoms with Crippen molar-refractivity contribution in [2.45, 2.75) is 51.0 Å². The second-order valence-corrected chi connectivity index (χ2v) is 18.6. The molecule has 1 heterocycles. The van der Waals surface area contributed by atoms with Gasteiger partial charge in [0.05, 0.1) is 0 Å². The van der Waals surface area contributed by atoms with Crippen LogP contribution in [0.15, 0.2) is 91.0 Å². The van der Waals surface area contributed by atoms with E-state index in [9.17, 15) is 14.7 Å². The SMILES string of the molecule is BrB(Br)Br.CC(=O)N1c2ccc(NC(=O)OCC3c4ccccc4-c4ccccc43)cc2C(C)(c2ccc(O)cc2)CC1(C)C. The van der Waals surface area contributed by atoms with Gasteiger partial charge >= 0.3 is 9.28 Å². The molecule has 0 bridgehead atoms. The molecule has 2 amide bonds. The number of nitrogens with one attached hydrogen (secondary N) is 1. The Morgan fingerprint density at radius 1 is 0.911 bits per heavy atom. The number of halogens is 3. The normalized spacial score (nSPS) is 17.6. The highest BCUT2D eigenvalue weighted by Crippen LogP contribution is 2.51. The second-order valence-electron chi connectivity index (χ2n) is 12.2. The lowest BCUT2D eigenvalue weighted by Crippen LogP contribution is -2.55. The van der Waals surface area contributed by atoms with E-state index in [4.69, 9.17) is 4.74 Å². The molecule has 4 aromatic rings. The highest BCUT2D eigenvalue weighted by atomic mass is 79.9. The fourth-order valence-corrected chi connectivity index (χ4v) is 7.05. The van der Waals surface area contributed by atoms with Crippen LogP contribution in [0.3, 0.4) is 0 Å². The minimum absolute atomic E-state index is 0.0270. The Labute approximate surface area is 289 Å². The number of rotatable bonds is 4. The molecule has 2 N–H and O–H groups in total. The predicted molar refractivity (Wildman–Crippen MR) is 194 cm³/mol. The van der Waals surface area contributed by atoms with E-state index in [1.165, 1.54) is 11.1 Å². The van der Waals surface area contributed by atoms with Crippen molar-refractivity contribution in [2.75, 3.05) is 16.8 Å². The Morgan fingerprint density at radius 3 is 2.02 bits per heavy atom. The maximum Gasteiger partial charge on any atom is 0.411 e. The van der Waals surface area contributed by atoms with Gasteiger partial charge < -0.3 is 14.7 Å². The van der Waals surface area contributed by atoms with E-state index < -0.39 is 17.0 Å². The molecule has 0 saturated heterocycles. The van der Waals surface area contributed by atoms with Gasteiger partial charge in [0.1, 0.15) is 12.4 Å². The van der Waals surface area contributed by atoms with Gasteiger partial charge in [-0.15, -0.1) is 47.3 Å². The van der Waals surface area contributed by atoms with Gasteiger partial charge in [-0.3, -0.25) is 10.1 Å². The van der Waals surface area contributed by atoms with E-state index in [2.05, 4.69) is 97.6 Å². The Morgan fingerprint density at radius 2 is 1.47 bits per heavy atom. The molecular weight excluding hydrogens is 763 g/mol. The van der Waals surface area contributed by atoms with Crippen LogP contribution in [0, 0.1) is 0 Å². The highest BCUT2D eigenvalue weighted by molar-refractivity contribution is 9.69. The molecule has 0 fully saturated rings. The van der Waals surface area contributed by atoms with Crippen LogP contribution in [0.4, 0.5) is 16.2 Å². The van der Waals surface area contributed by atoms with Gasteiger partial charge in [-0.25, -0.2) is 4.79 Å². The number of aromatic hydroxyl groups is 1. The first kappa shape index (κ1) is 33.3. The number of hydrogen-bond donors (Lipinski definition) is 2. The van der Waals surface area contributed by atoms with Gasteiger partial charge in [0.15, 0.2) is 0 Å². The maximum atomic E-state index is 13.1. The molecule has 6 rings (SSSR count). The lowest BCUT2D eigenvalue weighted by atomic mass is 9.65. The molecule has 1 aliphatic carbocycles. The van der Waals surface area contributed by atoms with E-state index in [-0.39, 0.29) is 27.4 Å². The summed E-state index contributed by atoms with van der Waals surface area (Å²) in [5.41, 5.74) is 7.09. The molecule has 0 aromatic heterocycles. The predicted octanol–water partition coefficient (Wildman–Crippen LogP) is 9.75. The summed E-state index contributed by atoms with van der Waals surface area (Å²) >= 11 is 9.31. The number of phenolic OH excluding ortho intramolecular Hbond substituents is 1. The van der Waals surface area contributed by atoms with Crippen molar-refractivity contribution in [2.24, 2.45) is 0 Å². The average molecular weight is 797 g/mol. The van der Waals surface area contributed by atoms with Gasteiger partial charge in [0, 0.05) is 35.2 Å². The third kappa shape index (κ3) is 6.88. The van der Waals surface area contributed by atoms with Crippen LogP contribution in [0.25, 0.3) is 11.1 Å². The first-order valence-corrected chi connectivity index (χ1v) is 17.4. The minimum Gasteiger partial charge on any atom is -0.508 e. The quantitative estimate of drug-likeness (QED) is 0.202. The van der Waals surface area contributed by atoms with E-state index in [1.54, 1.807) is 19.1 Å². The van der Waals surface area contributed by atoms with E-state index in [0.29, 0.717) is 12.1 Å². The van der Waals surface area contributed by atoms with Crippen molar-refractivity contribution in [3.8, 4) is 16.9 Å². The van der Waals surface area contributed by atoms with Crippen LogP contribution in [-0.2, 0) is 14.9 Å². The number of fused-ring (bicyclic) bond motifs is 4. The van der Waals surface area contributed by atoms with Crippen molar-refractivity contribution < 1.29 is 19.4 Å². The molecule has 4 aromatic carbocycles. The first-order valence-electron chi connectivity index (χ1n) is 14.6. The summed E-state index contributed by atoms with van der Waals surface area (Å²) < 4.78 is 6.06. The zero-order valence-corrected chi connectivity index (χ0v) is 30.2. The number of carbonyl (C=O) groups is 2. The molecule has 2 aliphatic rings. The van der Waals surface area contributed by atoms with Gasteiger partial charge in [-0.1, -0.05) is 67.6 Å². The monoisotopic (exact) mass is 794 g/mol. The summed E-state index contributed by atoms with van der Waals surface area (Å²) in [6.07, 6.45) is 0.129. The molecule has 0 saturated carbocycles. The molecule has 45 heavy (non-hydrogen) atoms. The van der Waals surface area contributed by atoms with Gasteiger partial charge in [0.25, 0.3) is 0 Å². The summed E-state index contributed by atoms with van der Waals surface area (Å²) in [5, 5.41) is 12.8. The molecule has 10 heteroatoms. The van der Waals surface area contributed by atoms with Crippen molar-refractivity contribution in [3.05, 3.63) is 113 Å². The molecule has 1 atom stereocenters. The van der Waals surface area contributed by atoms with E-state index in [1.807, 2.05) is 59.5 Å². The summed E-state index contributed by atoms with van der Waals surface area (Å²) in [6.45, 7) is 8.09. The second kappa shape index (κ2) is 13.3. The minimum atomic E-state index is -0.530. The number of anilines is 2. The van der Waals surface area contributed by atoms with Crippen LogP contribution in [0.2, 0.25) is 0 Å². The molecule has 0 spiro atoms. The Hall–Kier alpha value is -3.08. The number of carbonyl (C=O) groups excluding carboxylic acids is 2. The smallest absolute Gasteiger partial charge is 0.411 e. The fraction of sp³-hybridized carbons (Fsp3) is 0.257. The summed E-state index contributed by atoms with van der Waals surface area (Å²) in [7, 11) is 0. The van der Waals surface area contributed by atoms with Crippen molar-refractivity contribution in [1.82, 2.24) is 0 Å². The first-order chi connectivity index (χ1) is 21.3. The van der Waals surface area contributed by atoms with Crippen molar-refractivity contribution >= 4 is 73.8 Å². The van der Waals surface area contributed by atoms with Gasteiger partial charge in [-0.05, 0) is 84.0 Å². The number of amides is 2. The Kier molecular flexibility index (Phi) is 9.87. The lowest BCUT2D eigenvalue weighted by molar-refractivity contribution is -0.117. The van der Waals surface area contributed by atoms with E-state index >= 15 is 0 Å². The zero-order valence-electron chi connectivity index (χ0n) is 25.5. The maximum absolute atomic E-state index is 13.1. The zero-order chi connectivity index (χ0) is 32.5. The topological polar surface area (TPSA) is 78.9 Å². The molecule has 1 unspecified atom stereocenters. The van der Waals surface area contributed by atoms with Crippen LogP contribution in [0.5, 0.6) is 5.75 Å². The summed E-state index contributed by atoms with van der Waals surface area (Å²) in [5.74, 6) is 0.130. The third-order valence-corrected chi connectivity index (χ3v) is 8.63. The standard InChI is InChI=1S/C35H34N2O4.BBr3/c1-22(38)37-32-18-15-24(19-31(32)35(4,21-34(37,2)3)23-13-16-25(39)17-14-23)36-33(40)41-20-30-28-11-7-5-9-26(28)27-10-6-8-12-29(27)30;2-1(3)4/h5-19,30,39H,20-21H2,1-4H3,(H,36,40);. The van der Waals surface area contributed by atoms with Crippen molar-refractivity contribution in [3.63, 3.8) is 0 Å². The Bertz CT molecular complexity index is 1680. The fourth-order valence-electron chi connectivity index (χ4n) is 7.05. The Balaban J connectivity index is 0.000000945. The number of nitrogens with zero attached hydrogens (tertiary/aromatic N) is 1.